The first-order valence-electron chi connectivity index (χ1n) is 9.59. The van der Waals surface area contributed by atoms with Crippen LogP contribution in [-0.2, 0) is 14.3 Å². The smallest absolute Gasteiger partial charge is 0.306 e. The van der Waals surface area contributed by atoms with Crippen molar-refractivity contribution < 1.29 is 24.2 Å². The van der Waals surface area contributed by atoms with E-state index in [1.165, 1.54) is 0 Å². The van der Waals surface area contributed by atoms with Gasteiger partial charge in [-0.25, -0.2) is 0 Å². The fraction of sp³-hybridized carbons (Fsp3) is 0.550. The number of amides is 2. The number of aliphatic carboxylic acids is 1. The first kappa shape index (κ1) is 18.0. The molecule has 0 saturated carbocycles. The average molecular weight is 372 g/mol. The summed E-state index contributed by atoms with van der Waals surface area (Å²) >= 11 is 0. The summed E-state index contributed by atoms with van der Waals surface area (Å²) in [7, 11) is 0. The molecule has 3 aliphatic heterocycles. The number of carboxylic acids is 1. The van der Waals surface area contributed by atoms with Gasteiger partial charge in [0.2, 0.25) is 5.91 Å². The molecule has 2 amide bonds. The molecule has 0 unspecified atom stereocenters. The van der Waals surface area contributed by atoms with E-state index in [1.807, 2.05) is 0 Å². The van der Waals surface area contributed by atoms with Crippen molar-refractivity contribution in [2.45, 2.75) is 44.3 Å². The van der Waals surface area contributed by atoms with Gasteiger partial charge in [0.05, 0.1) is 24.0 Å². The molecule has 3 aliphatic rings. The number of rotatable bonds is 4. The number of carbonyl (C=O) groups is 3. The van der Waals surface area contributed by atoms with Crippen LogP contribution in [0, 0.1) is 11.8 Å². The molecule has 2 N–H and O–H groups in total. The van der Waals surface area contributed by atoms with Gasteiger partial charge in [-0.15, -0.1) is 0 Å². The van der Waals surface area contributed by atoms with E-state index in [0.29, 0.717) is 37.2 Å². The molecular formula is C20H24N2O5. The van der Waals surface area contributed by atoms with Gasteiger partial charge in [0.1, 0.15) is 0 Å². The predicted molar refractivity (Wildman–Crippen MR) is 97.3 cm³/mol. The summed E-state index contributed by atoms with van der Waals surface area (Å²) in [5, 5.41) is 12.0. The minimum absolute atomic E-state index is 0.0166. The number of hydrogen-bond acceptors (Lipinski definition) is 4. The van der Waals surface area contributed by atoms with Crippen LogP contribution < -0.4 is 5.32 Å². The molecular weight excluding hydrogens is 348 g/mol. The summed E-state index contributed by atoms with van der Waals surface area (Å²) in [6.45, 7) is 0.914. The van der Waals surface area contributed by atoms with Crippen LogP contribution in [0.1, 0.15) is 42.5 Å². The van der Waals surface area contributed by atoms with Crippen molar-refractivity contribution in [1.29, 1.82) is 0 Å². The molecule has 27 heavy (non-hydrogen) atoms. The van der Waals surface area contributed by atoms with Gasteiger partial charge in [-0.1, -0.05) is 0 Å². The molecule has 3 saturated heterocycles. The quantitative estimate of drug-likeness (QED) is 0.844. The highest BCUT2D eigenvalue weighted by atomic mass is 16.5. The fourth-order valence-corrected chi connectivity index (χ4v) is 4.36. The van der Waals surface area contributed by atoms with Crippen LogP contribution in [0.15, 0.2) is 24.3 Å². The summed E-state index contributed by atoms with van der Waals surface area (Å²) in [5.41, 5.74) is 1.22. The molecule has 1 aromatic rings. The van der Waals surface area contributed by atoms with E-state index >= 15 is 0 Å². The van der Waals surface area contributed by atoms with Gasteiger partial charge in [0.15, 0.2) is 0 Å². The van der Waals surface area contributed by atoms with Crippen LogP contribution in [0.25, 0.3) is 0 Å². The van der Waals surface area contributed by atoms with E-state index < -0.39 is 5.97 Å². The summed E-state index contributed by atoms with van der Waals surface area (Å²) in [5.74, 6) is -1.35. The molecule has 2 bridgehead atoms. The molecule has 0 aromatic heterocycles. The van der Waals surface area contributed by atoms with Crippen LogP contribution in [0.4, 0.5) is 5.69 Å². The Morgan fingerprint density at radius 1 is 1.04 bits per heavy atom. The number of nitrogens with one attached hydrogen (secondary N) is 1. The Morgan fingerprint density at radius 2 is 1.74 bits per heavy atom. The van der Waals surface area contributed by atoms with Gasteiger partial charge in [-0.05, 0) is 56.4 Å². The first-order valence-corrected chi connectivity index (χ1v) is 9.59. The standard InChI is InChI=1S/C20H24N2O5/c23-18(16-11-15-5-6-17(16)27-15)21-14-3-1-12(2-4-14)19(24)22-9-7-13(8-10-22)20(25)26/h1-4,13,15-17H,5-11H2,(H,21,23)(H,25,26)/t15-,16+,17+/m0/s1. The van der Waals surface area contributed by atoms with Crippen molar-refractivity contribution in [2.75, 3.05) is 18.4 Å². The van der Waals surface area contributed by atoms with Gasteiger partial charge in [0, 0.05) is 24.3 Å². The Hall–Kier alpha value is -2.41. The Kier molecular flexibility index (Phi) is 4.86. The predicted octanol–water partition coefficient (Wildman–Crippen LogP) is 2.13. The summed E-state index contributed by atoms with van der Waals surface area (Å²) < 4.78 is 5.74. The molecule has 1 aromatic carbocycles. The van der Waals surface area contributed by atoms with E-state index in [1.54, 1.807) is 29.2 Å². The zero-order valence-electron chi connectivity index (χ0n) is 15.1. The highest BCUT2D eigenvalue weighted by Gasteiger charge is 2.44. The first-order chi connectivity index (χ1) is 13.0. The molecule has 7 heteroatoms. The number of piperidine rings is 1. The second kappa shape index (κ2) is 7.31. The number of nitrogens with zero attached hydrogens (tertiary/aromatic N) is 1. The maximum Gasteiger partial charge on any atom is 0.306 e. The van der Waals surface area contributed by atoms with Crippen LogP contribution in [0.5, 0.6) is 0 Å². The maximum atomic E-state index is 12.6. The largest absolute Gasteiger partial charge is 0.481 e. The summed E-state index contributed by atoms with van der Waals surface area (Å²) in [6, 6.07) is 6.89. The Morgan fingerprint density at radius 3 is 2.30 bits per heavy atom. The number of hydrogen-bond donors (Lipinski definition) is 2. The Labute approximate surface area is 157 Å². The minimum atomic E-state index is -0.789. The van der Waals surface area contributed by atoms with Crippen molar-refractivity contribution in [1.82, 2.24) is 4.90 Å². The van der Waals surface area contributed by atoms with Crippen molar-refractivity contribution >= 4 is 23.5 Å². The lowest BCUT2D eigenvalue weighted by Gasteiger charge is -2.30. The number of likely N-dealkylation sites (tertiary alicyclic amines) is 1. The van der Waals surface area contributed by atoms with Crippen LogP contribution >= 0.6 is 0 Å². The Balaban J connectivity index is 1.33. The van der Waals surface area contributed by atoms with E-state index in [4.69, 9.17) is 9.84 Å². The lowest BCUT2D eigenvalue weighted by Crippen LogP contribution is -2.40. The molecule has 3 heterocycles. The van der Waals surface area contributed by atoms with Crippen molar-refractivity contribution in [3.05, 3.63) is 29.8 Å². The highest BCUT2D eigenvalue weighted by molar-refractivity contribution is 5.96. The third kappa shape index (κ3) is 3.69. The molecule has 0 spiro atoms. The number of ether oxygens (including phenoxy) is 1. The lowest BCUT2D eigenvalue weighted by molar-refractivity contribution is -0.143. The summed E-state index contributed by atoms with van der Waals surface area (Å²) in [4.78, 5) is 37.7. The van der Waals surface area contributed by atoms with E-state index in [9.17, 15) is 14.4 Å². The van der Waals surface area contributed by atoms with Gasteiger partial charge in [0.25, 0.3) is 5.91 Å². The van der Waals surface area contributed by atoms with Crippen LogP contribution in [0.3, 0.4) is 0 Å². The van der Waals surface area contributed by atoms with Gasteiger partial charge in [-0.2, -0.15) is 0 Å². The SMILES string of the molecule is O=C(O)C1CCN(C(=O)c2ccc(NC(=O)[C@@H]3C[C@@H]4CC[C@H]3O4)cc2)CC1. The molecule has 0 aliphatic carbocycles. The maximum absolute atomic E-state index is 12.6. The highest BCUT2D eigenvalue weighted by Crippen LogP contribution is 2.39. The van der Waals surface area contributed by atoms with E-state index in [2.05, 4.69) is 5.32 Å². The lowest BCUT2D eigenvalue weighted by atomic mass is 9.88. The molecule has 144 valence electrons. The van der Waals surface area contributed by atoms with Gasteiger partial charge in [-0.3, -0.25) is 14.4 Å². The third-order valence-electron chi connectivity index (χ3n) is 5.97. The topological polar surface area (TPSA) is 95.9 Å². The number of benzene rings is 1. The van der Waals surface area contributed by atoms with Crippen molar-refractivity contribution in [2.24, 2.45) is 11.8 Å². The normalized spacial score (nSPS) is 27.6. The molecule has 4 rings (SSSR count). The minimum Gasteiger partial charge on any atom is -0.481 e. The Bertz CT molecular complexity index is 739. The second-order valence-corrected chi connectivity index (χ2v) is 7.69. The molecule has 3 fully saturated rings. The number of carboxylic acid groups (broad SMARTS) is 1. The van der Waals surface area contributed by atoms with Gasteiger partial charge >= 0.3 is 5.97 Å². The van der Waals surface area contributed by atoms with E-state index in [0.717, 1.165) is 19.3 Å². The van der Waals surface area contributed by atoms with Crippen molar-refractivity contribution in [3.63, 3.8) is 0 Å². The second-order valence-electron chi connectivity index (χ2n) is 7.69. The van der Waals surface area contributed by atoms with Crippen LogP contribution in [0.2, 0.25) is 0 Å². The third-order valence-corrected chi connectivity index (χ3v) is 5.97. The summed E-state index contributed by atoms with van der Waals surface area (Å²) in [6.07, 6.45) is 4.05. The monoisotopic (exact) mass is 372 g/mol. The molecule has 0 radical (unpaired) electrons. The fourth-order valence-electron chi connectivity index (χ4n) is 4.36. The number of carbonyl (C=O) groups excluding carboxylic acids is 2. The average Bonchev–Trinajstić information content (AvgIpc) is 3.32. The van der Waals surface area contributed by atoms with Crippen molar-refractivity contribution in [3.8, 4) is 0 Å². The number of anilines is 1. The number of fused-ring (bicyclic) bond motifs is 2. The molecule has 7 nitrogen and oxygen atoms in total. The molecule has 3 atom stereocenters. The van der Waals surface area contributed by atoms with Gasteiger partial charge < -0.3 is 20.1 Å². The van der Waals surface area contributed by atoms with E-state index in [-0.39, 0.29) is 35.9 Å². The zero-order chi connectivity index (χ0) is 19.0. The zero-order valence-corrected chi connectivity index (χ0v) is 15.1. The van der Waals surface area contributed by atoms with Crippen LogP contribution in [-0.4, -0.2) is 53.1 Å².